The van der Waals surface area contributed by atoms with Crippen LogP contribution in [0.3, 0.4) is 0 Å². The zero-order valence-electron chi connectivity index (χ0n) is 10.5. The smallest absolute Gasteiger partial charge is 0.266 e. The summed E-state index contributed by atoms with van der Waals surface area (Å²) in [5, 5.41) is 10.6. The molecule has 0 aromatic heterocycles. The zero-order chi connectivity index (χ0) is 14.7. The second kappa shape index (κ2) is 6.06. The number of aliphatic carboxylic acids is 1. The van der Waals surface area contributed by atoms with Crippen molar-refractivity contribution >= 4 is 46.3 Å². The standard InChI is InChI=1S/C13H11NO4S2/c1-18-9-4-2-8(3-5-9)6-10-12(17)14(7-11(15)16)13(19)20-10/h2-6H,7H2,1H3,(H,15,16)/p-1/b10-6-. The Morgan fingerprint density at radius 3 is 2.65 bits per heavy atom. The summed E-state index contributed by atoms with van der Waals surface area (Å²) in [6, 6.07) is 7.13. The van der Waals surface area contributed by atoms with Crippen LogP contribution >= 0.6 is 24.0 Å². The molecular weight excluding hydrogens is 298 g/mol. The molecule has 0 N–H and O–H groups in total. The molecular formula is C13H10NO4S2-. The fourth-order valence-electron chi connectivity index (χ4n) is 1.62. The summed E-state index contributed by atoms with van der Waals surface area (Å²) in [6.45, 7) is -0.523. The van der Waals surface area contributed by atoms with Gasteiger partial charge in [-0.2, -0.15) is 0 Å². The third-order valence-electron chi connectivity index (χ3n) is 2.57. The van der Waals surface area contributed by atoms with E-state index in [-0.39, 0.29) is 4.32 Å². The Balaban J connectivity index is 2.20. The van der Waals surface area contributed by atoms with Crippen molar-refractivity contribution in [2.24, 2.45) is 0 Å². The second-order valence-corrected chi connectivity index (χ2v) is 5.59. The van der Waals surface area contributed by atoms with Crippen LogP contribution in [-0.4, -0.2) is 34.8 Å². The number of nitrogens with zero attached hydrogens (tertiary/aromatic N) is 1. The van der Waals surface area contributed by atoms with Gasteiger partial charge in [-0.1, -0.05) is 36.1 Å². The zero-order valence-corrected chi connectivity index (χ0v) is 12.1. The average Bonchev–Trinajstić information content (AvgIpc) is 2.67. The van der Waals surface area contributed by atoms with Crippen LogP contribution in [0, 0.1) is 0 Å². The van der Waals surface area contributed by atoms with Gasteiger partial charge in [0, 0.05) is 0 Å². The summed E-state index contributed by atoms with van der Waals surface area (Å²) in [5.74, 6) is -1.04. The van der Waals surface area contributed by atoms with Crippen molar-refractivity contribution < 1.29 is 19.4 Å². The van der Waals surface area contributed by atoms with Crippen molar-refractivity contribution in [3.63, 3.8) is 0 Å². The van der Waals surface area contributed by atoms with Crippen LogP contribution < -0.4 is 9.84 Å². The summed E-state index contributed by atoms with van der Waals surface area (Å²) in [5.41, 5.74) is 0.805. The van der Waals surface area contributed by atoms with Gasteiger partial charge >= 0.3 is 0 Å². The molecule has 20 heavy (non-hydrogen) atoms. The number of hydrogen-bond donors (Lipinski definition) is 0. The molecule has 104 valence electrons. The number of methoxy groups -OCH3 is 1. The Labute approximate surface area is 125 Å². The van der Waals surface area contributed by atoms with Crippen LogP contribution in [0.25, 0.3) is 6.08 Å². The largest absolute Gasteiger partial charge is 0.548 e. The number of carboxylic acid groups (broad SMARTS) is 1. The van der Waals surface area contributed by atoms with Crippen molar-refractivity contribution in [2.45, 2.75) is 0 Å². The molecule has 1 saturated heterocycles. The van der Waals surface area contributed by atoms with Crippen molar-refractivity contribution in [2.75, 3.05) is 13.7 Å². The van der Waals surface area contributed by atoms with Crippen LogP contribution in [0.4, 0.5) is 0 Å². The number of carbonyl (C=O) groups is 2. The van der Waals surface area contributed by atoms with Crippen LogP contribution in [0.5, 0.6) is 5.75 Å². The minimum absolute atomic E-state index is 0.221. The minimum atomic E-state index is -1.34. The van der Waals surface area contributed by atoms with E-state index in [4.69, 9.17) is 17.0 Å². The van der Waals surface area contributed by atoms with E-state index in [1.165, 1.54) is 0 Å². The monoisotopic (exact) mass is 308 g/mol. The van der Waals surface area contributed by atoms with Gasteiger partial charge in [0.2, 0.25) is 0 Å². The number of carbonyl (C=O) groups excluding carboxylic acids is 2. The average molecular weight is 308 g/mol. The first-order chi connectivity index (χ1) is 9.51. The van der Waals surface area contributed by atoms with Crippen molar-refractivity contribution in [3.05, 3.63) is 34.7 Å². The van der Waals surface area contributed by atoms with Gasteiger partial charge in [0.25, 0.3) is 5.91 Å². The maximum atomic E-state index is 12.0. The quantitative estimate of drug-likeness (QED) is 0.601. The van der Waals surface area contributed by atoms with Gasteiger partial charge in [0.05, 0.1) is 24.5 Å². The molecule has 5 nitrogen and oxygen atoms in total. The number of amides is 1. The molecule has 0 atom stereocenters. The SMILES string of the molecule is COc1ccc(/C=C2\SC(=S)N(CC(=O)[O-])C2=O)cc1. The molecule has 1 aromatic carbocycles. The van der Waals surface area contributed by atoms with Gasteiger partial charge in [0.15, 0.2) is 0 Å². The molecule has 0 bridgehead atoms. The van der Waals surface area contributed by atoms with Crippen molar-refractivity contribution in [1.29, 1.82) is 0 Å². The van der Waals surface area contributed by atoms with Crippen LogP contribution in [0.15, 0.2) is 29.2 Å². The normalized spacial score (nSPS) is 16.9. The number of benzene rings is 1. The van der Waals surface area contributed by atoms with Crippen LogP contribution in [-0.2, 0) is 9.59 Å². The summed E-state index contributed by atoms with van der Waals surface area (Å²) >= 11 is 6.06. The van der Waals surface area contributed by atoms with Gasteiger partial charge in [-0.05, 0) is 23.8 Å². The van der Waals surface area contributed by atoms with E-state index in [1.807, 2.05) is 0 Å². The first-order valence-electron chi connectivity index (χ1n) is 5.60. The predicted molar refractivity (Wildman–Crippen MR) is 77.9 cm³/mol. The van der Waals surface area contributed by atoms with Gasteiger partial charge in [-0.15, -0.1) is 0 Å². The van der Waals surface area contributed by atoms with E-state index >= 15 is 0 Å². The van der Waals surface area contributed by atoms with Gasteiger partial charge < -0.3 is 14.6 Å². The number of thiocarbonyl (C=S) groups is 1. The predicted octanol–water partition coefficient (Wildman–Crippen LogP) is 0.646. The Kier molecular flexibility index (Phi) is 4.41. The molecule has 7 heteroatoms. The molecule has 1 amide bonds. The molecule has 0 radical (unpaired) electrons. The minimum Gasteiger partial charge on any atom is -0.548 e. The lowest BCUT2D eigenvalue weighted by Gasteiger charge is -2.14. The third kappa shape index (κ3) is 3.17. The molecule has 0 unspecified atom stereocenters. The number of thioether (sulfide) groups is 1. The highest BCUT2D eigenvalue weighted by Gasteiger charge is 2.31. The van der Waals surface area contributed by atoms with E-state index in [1.54, 1.807) is 37.5 Å². The molecule has 0 spiro atoms. The highest BCUT2D eigenvalue weighted by atomic mass is 32.2. The first kappa shape index (κ1) is 14.5. The highest BCUT2D eigenvalue weighted by molar-refractivity contribution is 8.26. The molecule has 1 aliphatic heterocycles. The molecule has 1 aromatic rings. The molecule has 1 aliphatic rings. The summed E-state index contributed by atoms with van der Waals surface area (Å²) in [7, 11) is 1.57. The fraction of sp³-hybridized carbons (Fsp3) is 0.154. The molecule has 2 rings (SSSR count). The topological polar surface area (TPSA) is 69.7 Å². The van der Waals surface area contributed by atoms with Gasteiger partial charge in [0.1, 0.15) is 10.1 Å². The lowest BCUT2D eigenvalue weighted by molar-refractivity contribution is -0.305. The second-order valence-electron chi connectivity index (χ2n) is 3.91. The third-order valence-corrected chi connectivity index (χ3v) is 3.95. The van der Waals surface area contributed by atoms with Crippen molar-refractivity contribution in [1.82, 2.24) is 4.90 Å². The maximum absolute atomic E-state index is 12.0. The lowest BCUT2D eigenvalue weighted by Crippen LogP contribution is -2.40. The molecule has 1 heterocycles. The van der Waals surface area contributed by atoms with E-state index in [0.29, 0.717) is 10.7 Å². The summed E-state index contributed by atoms with van der Waals surface area (Å²) < 4.78 is 5.27. The Morgan fingerprint density at radius 1 is 1.45 bits per heavy atom. The van der Waals surface area contributed by atoms with E-state index < -0.39 is 18.4 Å². The van der Waals surface area contributed by atoms with E-state index in [9.17, 15) is 14.7 Å². The highest BCUT2D eigenvalue weighted by Crippen LogP contribution is 2.32. The number of rotatable bonds is 4. The summed E-state index contributed by atoms with van der Waals surface area (Å²) in [6.07, 6.45) is 1.66. The fourth-order valence-corrected chi connectivity index (χ4v) is 2.87. The van der Waals surface area contributed by atoms with Gasteiger partial charge in [-0.3, -0.25) is 9.69 Å². The maximum Gasteiger partial charge on any atom is 0.266 e. The first-order valence-corrected chi connectivity index (χ1v) is 6.83. The Morgan fingerprint density at radius 2 is 2.10 bits per heavy atom. The van der Waals surface area contributed by atoms with Crippen LogP contribution in [0.1, 0.15) is 5.56 Å². The number of hydrogen-bond acceptors (Lipinski definition) is 6. The number of carboxylic acids is 1. The Bertz CT molecular complexity index is 595. The molecule has 1 fully saturated rings. The van der Waals surface area contributed by atoms with E-state index in [2.05, 4.69) is 0 Å². The van der Waals surface area contributed by atoms with Crippen molar-refractivity contribution in [3.8, 4) is 5.75 Å². The van der Waals surface area contributed by atoms with Gasteiger partial charge in [-0.25, -0.2) is 0 Å². The van der Waals surface area contributed by atoms with E-state index in [0.717, 1.165) is 22.2 Å². The number of ether oxygens (including phenoxy) is 1. The van der Waals surface area contributed by atoms with Crippen LogP contribution in [0.2, 0.25) is 0 Å². The summed E-state index contributed by atoms with van der Waals surface area (Å²) in [4.78, 5) is 24.0. The lowest BCUT2D eigenvalue weighted by atomic mass is 10.2. The molecule has 0 aliphatic carbocycles. The Hall–Kier alpha value is -1.86. The molecule has 0 saturated carbocycles.